The fraction of sp³-hybridized carbons (Fsp3) is 0.769. The van der Waals surface area contributed by atoms with Gasteiger partial charge in [0, 0.05) is 11.8 Å². The van der Waals surface area contributed by atoms with E-state index in [2.05, 4.69) is 0 Å². The van der Waals surface area contributed by atoms with Gasteiger partial charge < -0.3 is 15.3 Å². The predicted molar refractivity (Wildman–Crippen MR) is 63.7 cm³/mol. The lowest BCUT2D eigenvalue weighted by atomic mass is 9.57. The first-order chi connectivity index (χ1) is 7.16. The molecule has 1 fully saturated rings. The zero-order valence-corrected chi connectivity index (χ0v) is 10.6. The third-order valence-corrected chi connectivity index (χ3v) is 3.76. The van der Waals surface area contributed by atoms with Crippen molar-refractivity contribution in [2.75, 3.05) is 0 Å². The lowest BCUT2D eigenvalue weighted by molar-refractivity contribution is -0.216. The van der Waals surface area contributed by atoms with E-state index in [0.29, 0.717) is 6.42 Å². The molecule has 3 N–H and O–H groups in total. The van der Waals surface area contributed by atoms with Crippen LogP contribution in [0.5, 0.6) is 0 Å². The molecule has 0 bridgehead atoms. The van der Waals surface area contributed by atoms with Crippen LogP contribution in [-0.2, 0) is 0 Å². The molecule has 3 atom stereocenters. The van der Waals surface area contributed by atoms with Gasteiger partial charge in [-0.05, 0) is 19.8 Å². The third kappa shape index (κ3) is 2.04. The molecule has 16 heavy (non-hydrogen) atoms. The highest BCUT2D eigenvalue weighted by Gasteiger charge is 2.58. The third-order valence-electron chi connectivity index (χ3n) is 3.76. The van der Waals surface area contributed by atoms with Crippen molar-refractivity contribution in [3.8, 4) is 0 Å². The highest BCUT2D eigenvalue weighted by atomic mass is 16.4. The van der Waals surface area contributed by atoms with Crippen LogP contribution in [0.15, 0.2) is 12.2 Å². The van der Waals surface area contributed by atoms with Crippen molar-refractivity contribution in [2.45, 2.75) is 57.8 Å². The summed E-state index contributed by atoms with van der Waals surface area (Å²) in [4.78, 5) is 0. The van der Waals surface area contributed by atoms with Crippen LogP contribution in [0.2, 0.25) is 0 Å². The van der Waals surface area contributed by atoms with Gasteiger partial charge in [-0.1, -0.05) is 32.9 Å². The average molecular weight is 227 g/mol. The smallest absolute Gasteiger partial charge is 0.116 e. The van der Waals surface area contributed by atoms with Crippen molar-refractivity contribution in [3.05, 3.63) is 18.6 Å². The lowest BCUT2D eigenvalue weighted by Gasteiger charge is -2.54. The second kappa shape index (κ2) is 4.13. The van der Waals surface area contributed by atoms with Gasteiger partial charge >= 0.3 is 0 Å². The maximum atomic E-state index is 10.7. The lowest BCUT2D eigenvalue weighted by Crippen LogP contribution is -2.64. The van der Waals surface area contributed by atoms with Crippen molar-refractivity contribution < 1.29 is 15.3 Å². The van der Waals surface area contributed by atoms with Gasteiger partial charge in [-0.2, -0.15) is 0 Å². The maximum Gasteiger partial charge on any atom is 0.116 e. The van der Waals surface area contributed by atoms with Crippen molar-refractivity contribution in [2.24, 2.45) is 5.41 Å². The summed E-state index contributed by atoms with van der Waals surface area (Å²) in [7, 11) is 0. The predicted octanol–water partition coefficient (Wildman–Crippen LogP) is 1.43. The summed E-state index contributed by atoms with van der Waals surface area (Å²) in [6.07, 6.45) is 5.31. The zero-order valence-electron chi connectivity index (χ0n) is 10.6. The minimum Gasteiger partial charge on any atom is -0.393 e. The van der Waals surface area contributed by atoms with Gasteiger partial charge in [0.15, 0.2) is 0 Å². The van der Waals surface area contributed by atoms with Crippen LogP contribution in [0.4, 0.5) is 0 Å². The highest BCUT2D eigenvalue weighted by Crippen LogP contribution is 2.50. The largest absolute Gasteiger partial charge is 0.393 e. The Kier molecular flexibility index (Phi) is 3.53. The molecule has 1 aliphatic rings. The summed E-state index contributed by atoms with van der Waals surface area (Å²) in [5.74, 6) is 0. The Hall–Kier alpha value is -0.380. The molecule has 0 aromatic rings. The maximum absolute atomic E-state index is 10.7. The first-order valence-electron chi connectivity index (χ1n) is 5.76. The Morgan fingerprint density at radius 2 is 1.69 bits per heavy atom. The van der Waals surface area contributed by atoms with E-state index in [1.54, 1.807) is 19.1 Å². The summed E-state index contributed by atoms with van der Waals surface area (Å²) in [5.41, 5.74) is -3.19. The van der Waals surface area contributed by atoms with E-state index in [1.165, 1.54) is 0 Å². The normalized spacial score (nSPS) is 43.8. The number of hydrogen-bond acceptors (Lipinski definition) is 3. The molecule has 0 amide bonds. The molecule has 0 spiro atoms. The number of aliphatic hydroxyl groups excluding tert-OH is 1. The quantitative estimate of drug-likeness (QED) is 0.669. The van der Waals surface area contributed by atoms with Crippen LogP contribution in [-0.4, -0.2) is 32.6 Å². The Balaban J connectivity index is 3.14. The second-order valence-electron chi connectivity index (χ2n) is 5.68. The first kappa shape index (κ1) is 13.7. The van der Waals surface area contributed by atoms with Gasteiger partial charge in [0.25, 0.3) is 0 Å². The van der Waals surface area contributed by atoms with E-state index in [9.17, 15) is 15.3 Å². The van der Waals surface area contributed by atoms with Gasteiger partial charge in [-0.3, -0.25) is 0 Å². The van der Waals surface area contributed by atoms with E-state index in [1.807, 2.05) is 27.2 Å². The molecule has 0 saturated heterocycles. The van der Waals surface area contributed by atoms with Crippen molar-refractivity contribution in [3.63, 3.8) is 0 Å². The molecule has 3 heteroatoms. The Morgan fingerprint density at radius 3 is 2.12 bits per heavy atom. The molecule has 1 radical (unpaired) electrons. The van der Waals surface area contributed by atoms with Crippen LogP contribution in [0.25, 0.3) is 0 Å². The average Bonchev–Trinajstić information content (AvgIpc) is 2.09. The number of rotatable bonds is 2. The Morgan fingerprint density at radius 1 is 1.12 bits per heavy atom. The molecular formula is C13H23O3. The topological polar surface area (TPSA) is 60.7 Å². The Labute approximate surface area is 97.8 Å². The van der Waals surface area contributed by atoms with E-state index in [4.69, 9.17) is 0 Å². The minimum absolute atomic E-state index is 0.195. The van der Waals surface area contributed by atoms with Crippen LogP contribution >= 0.6 is 0 Å². The number of allylic oxidation sites excluding steroid dienone is 1. The zero-order chi connectivity index (χ0) is 12.6. The Bertz CT molecular complexity index is 261. The summed E-state index contributed by atoms with van der Waals surface area (Å²) in [6, 6.07) is 0. The van der Waals surface area contributed by atoms with Gasteiger partial charge in [0.05, 0.1) is 11.7 Å². The molecule has 0 unspecified atom stereocenters. The molecule has 0 heterocycles. The van der Waals surface area contributed by atoms with Crippen LogP contribution < -0.4 is 0 Å². The fourth-order valence-electron chi connectivity index (χ4n) is 2.80. The van der Waals surface area contributed by atoms with Crippen LogP contribution in [0.1, 0.15) is 40.5 Å². The monoisotopic (exact) mass is 227 g/mol. The summed E-state index contributed by atoms with van der Waals surface area (Å²) in [6.45, 7) is 7.17. The van der Waals surface area contributed by atoms with E-state index < -0.39 is 22.7 Å². The van der Waals surface area contributed by atoms with Crippen LogP contribution in [0.3, 0.4) is 0 Å². The fourth-order valence-corrected chi connectivity index (χ4v) is 2.80. The second-order valence-corrected chi connectivity index (χ2v) is 5.68. The molecule has 1 aliphatic carbocycles. The summed E-state index contributed by atoms with van der Waals surface area (Å²) >= 11 is 0. The van der Waals surface area contributed by atoms with Gasteiger partial charge in [0.2, 0.25) is 0 Å². The number of hydrogen-bond donors (Lipinski definition) is 3. The summed E-state index contributed by atoms with van der Waals surface area (Å²) < 4.78 is 0. The highest BCUT2D eigenvalue weighted by molar-refractivity contribution is 5.21. The minimum atomic E-state index is -1.31. The molecule has 1 rings (SSSR count). The van der Waals surface area contributed by atoms with Crippen molar-refractivity contribution >= 4 is 0 Å². The molecule has 0 aliphatic heterocycles. The number of aliphatic hydroxyl groups is 3. The molecular weight excluding hydrogens is 204 g/mol. The molecule has 0 aromatic carbocycles. The van der Waals surface area contributed by atoms with Gasteiger partial charge in [0.1, 0.15) is 5.60 Å². The summed E-state index contributed by atoms with van der Waals surface area (Å²) in [5, 5.41) is 30.8. The van der Waals surface area contributed by atoms with Crippen LogP contribution in [0, 0.1) is 11.8 Å². The van der Waals surface area contributed by atoms with Crippen molar-refractivity contribution in [1.29, 1.82) is 0 Å². The van der Waals surface area contributed by atoms with E-state index in [0.717, 1.165) is 0 Å². The molecule has 3 nitrogen and oxygen atoms in total. The molecule has 1 saturated carbocycles. The standard InChI is InChI=1S/C13H23O3/c1-5-6-7-13(16)11(2,3)8-10(14)9-12(13,4)15/h5-7,10,14-16H,8-9H2,1-4H3/b7-6+/t10-,12+,13+/m0/s1. The van der Waals surface area contributed by atoms with E-state index in [-0.39, 0.29) is 6.42 Å². The molecule has 93 valence electrons. The van der Waals surface area contributed by atoms with Gasteiger partial charge in [-0.15, -0.1) is 0 Å². The van der Waals surface area contributed by atoms with Gasteiger partial charge in [-0.25, -0.2) is 0 Å². The van der Waals surface area contributed by atoms with E-state index >= 15 is 0 Å². The SMILES string of the molecule is C[CH]/C=C/[C@@]1(O)C(C)(C)C[C@H](O)C[C@@]1(C)O. The van der Waals surface area contributed by atoms with Crippen molar-refractivity contribution in [1.82, 2.24) is 0 Å². The molecule has 0 aromatic heterocycles. The first-order valence-corrected chi connectivity index (χ1v) is 5.76.